The molecule has 5 aliphatic rings. The molecule has 2 bridgehead atoms. The summed E-state index contributed by atoms with van der Waals surface area (Å²) in [6.07, 6.45) is 2.30. The Hall–Kier alpha value is -3.93. The molecular weight excluding hydrogens is 630 g/mol. The van der Waals surface area contributed by atoms with Crippen LogP contribution in [0.4, 0.5) is 23.2 Å². The fourth-order valence-corrected chi connectivity index (χ4v) is 8.13. The second kappa shape index (κ2) is 12.5. The minimum Gasteiger partial charge on any atom is -0.496 e. The average molecular weight is 670 g/mol. The molecule has 3 amide bonds. The monoisotopic (exact) mass is 669 g/mol. The second-order valence-corrected chi connectivity index (χ2v) is 14.0. The summed E-state index contributed by atoms with van der Waals surface area (Å²) in [5, 5.41) is 15.5. The van der Waals surface area contributed by atoms with Crippen molar-refractivity contribution in [2.45, 2.75) is 69.2 Å². The number of halogens is 4. The Balaban J connectivity index is 1.11. The number of amides is 3. The number of nitrogens with one attached hydrogen (secondary N) is 2. The number of rotatable bonds is 8. The molecular formula is C36H39F4N3O5. The number of anilines is 1. The highest BCUT2D eigenvalue weighted by Crippen LogP contribution is 2.55. The Bertz CT molecular complexity index is 1650. The van der Waals surface area contributed by atoms with Gasteiger partial charge in [0, 0.05) is 36.7 Å². The summed E-state index contributed by atoms with van der Waals surface area (Å²) in [6.45, 7) is 1.05. The molecule has 5 fully saturated rings. The van der Waals surface area contributed by atoms with E-state index in [-0.39, 0.29) is 46.9 Å². The van der Waals surface area contributed by atoms with Crippen LogP contribution in [0.25, 0.3) is 0 Å². The van der Waals surface area contributed by atoms with Crippen molar-refractivity contribution in [3.05, 3.63) is 70.6 Å². The van der Waals surface area contributed by atoms with Crippen LogP contribution in [0, 0.1) is 35.4 Å². The first-order valence-corrected chi connectivity index (χ1v) is 16.8. The lowest BCUT2D eigenvalue weighted by atomic mass is 9.83. The van der Waals surface area contributed by atoms with E-state index in [4.69, 9.17) is 4.74 Å². The van der Waals surface area contributed by atoms with E-state index in [9.17, 15) is 37.1 Å². The van der Waals surface area contributed by atoms with Gasteiger partial charge in [0.2, 0.25) is 11.8 Å². The molecule has 1 heterocycles. The predicted molar refractivity (Wildman–Crippen MR) is 167 cm³/mol. The lowest BCUT2D eigenvalue weighted by Crippen LogP contribution is -2.48. The van der Waals surface area contributed by atoms with Crippen LogP contribution in [0.15, 0.2) is 48.0 Å². The minimum atomic E-state index is -4.92. The van der Waals surface area contributed by atoms with E-state index in [1.54, 1.807) is 17.0 Å². The van der Waals surface area contributed by atoms with Gasteiger partial charge in [0.1, 0.15) is 11.6 Å². The normalized spacial score (nSPS) is 29.2. The number of piperidine rings is 1. The lowest BCUT2D eigenvalue weighted by molar-refractivity contribution is -0.140. The van der Waals surface area contributed by atoms with Crippen molar-refractivity contribution in [3.63, 3.8) is 0 Å². The van der Waals surface area contributed by atoms with Crippen molar-refractivity contribution in [1.29, 1.82) is 0 Å². The number of aliphatic hydroxyl groups is 1. The maximum Gasteiger partial charge on any atom is 0.419 e. The number of alkyl halides is 3. The number of hydrogen-bond donors (Lipinski definition) is 3. The van der Waals surface area contributed by atoms with Gasteiger partial charge in [0.15, 0.2) is 0 Å². The number of fused-ring (bicyclic) bond motifs is 2. The number of nitrogens with zero attached hydrogens (tertiary/aromatic N) is 1. The lowest BCUT2D eigenvalue weighted by Gasteiger charge is -2.30. The Morgan fingerprint density at radius 3 is 2.38 bits per heavy atom. The molecule has 2 aromatic carbocycles. The van der Waals surface area contributed by atoms with E-state index in [1.165, 1.54) is 7.11 Å². The van der Waals surface area contributed by atoms with Crippen LogP contribution in [0.1, 0.15) is 72.3 Å². The fraction of sp³-hybridized carbons (Fsp3) is 0.528. The molecule has 4 aliphatic carbocycles. The standard InChI is InChI=1S/C36H39F4N3O5/c1-48-30-9-4-19(24-17-26(24)35(47)43-12-10-21(44)11-13-43)15-27(30)33(45)42-32-23-7-6-22(25(23)14-18-2-3-18)31(32)34(46)41-20-5-8-29(37)28(16-20)36(38,39)40/h4-5,8-9,14-16,18,21-24,26,31-32,44H,2-3,6-7,10-13,17H2,1H3,(H,41,46)(H,42,45)/b25-14-/t22-,23+,24?,26?,31-,32+/m0/s1. The molecule has 0 aromatic heterocycles. The third-order valence-electron chi connectivity index (χ3n) is 10.9. The molecule has 2 unspecified atom stereocenters. The van der Waals surface area contributed by atoms with Crippen molar-refractivity contribution >= 4 is 23.4 Å². The molecule has 48 heavy (non-hydrogen) atoms. The van der Waals surface area contributed by atoms with Gasteiger partial charge in [-0.15, -0.1) is 0 Å². The first kappa shape index (κ1) is 32.6. The van der Waals surface area contributed by atoms with Gasteiger partial charge in [-0.3, -0.25) is 14.4 Å². The molecule has 8 nitrogen and oxygen atoms in total. The number of methoxy groups -OCH3 is 1. The largest absolute Gasteiger partial charge is 0.496 e. The quantitative estimate of drug-likeness (QED) is 0.248. The van der Waals surface area contributed by atoms with E-state index in [0.29, 0.717) is 56.2 Å². The number of carbonyl (C=O) groups excluding carboxylic acids is 3. The molecule has 4 saturated carbocycles. The second-order valence-electron chi connectivity index (χ2n) is 14.0. The van der Waals surface area contributed by atoms with Gasteiger partial charge in [-0.1, -0.05) is 17.7 Å². The van der Waals surface area contributed by atoms with E-state index in [0.717, 1.165) is 42.9 Å². The van der Waals surface area contributed by atoms with Crippen LogP contribution in [0.5, 0.6) is 5.75 Å². The highest BCUT2D eigenvalue weighted by Gasteiger charge is 2.55. The molecule has 12 heteroatoms. The van der Waals surface area contributed by atoms with Crippen molar-refractivity contribution in [2.75, 3.05) is 25.5 Å². The zero-order chi connectivity index (χ0) is 33.9. The number of allylic oxidation sites excluding steroid dienone is 1. The third kappa shape index (κ3) is 6.31. The van der Waals surface area contributed by atoms with Gasteiger partial charge in [0.05, 0.1) is 30.3 Å². The summed E-state index contributed by atoms with van der Waals surface area (Å²) in [4.78, 5) is 42.8. The minimum absolute atomic E-state index is 0.0480. The SMILES string of the molecule is COc1ccc(C2CC2C(=O)N2CCC(O)CC2)cc1C(=O)N[C@H]1[C@@H](C(=O)Nc2ccc(F)c(C(F)(F)F)c2)[C@H]2CC[C@@H]1/C2=C\C1CC1. The Morgan fingerprint density at radius 2 is 1.69 bits per heavy atom. The predicted octanol–water partition coefficient (Wildman–Crippen LogP) is 5.67. The Kier molecular flexibility index (Phi) is 8.50. The average Bonchev–Trinajstić information content (AvgIpc) is 3.98. The summed E-state index contributed by atoms with van der Waals surface area (Å²) >= 11 is 0. The molecule has 0 radical (unpaired) electrons. The molecule has 256 valence electrons. The van der Waals surface area contributed by atoms with Crippen LogP contribution >= 0.6 is 0 Å². The number of benzene rings is 2. The van der Waals surface area contributed by atoms with E-state index >= 15 is 0 Å². The van der Waals surface area contributed by atoms with Gasteiger partial charge in [-0.2, -0.15) is 13.2 Å². The number of carbonyl (C=O) groups is 3. The zero-order valence-electron chi connectivity index (χ0n) is 26.6. The van der Waals surface area contributed by atoms with Gasteiger partial charge in [-0.05, 0) is 98.6 Å². The number of hydrogen-bond acceptors (Lipinski definition) is 5. The van der Waals surface area contributed by atoms with Crippen molar-refractivity contribution < 1.29 is 41.8 Å². The zero-order valence-corrected chi connectivity index (χ0v) is 26.6. The van der Waals surface area contributed by atoms with Gasteiger partial charge in [0.25, 0.3) is 5.91 Å². The molecule has 3 N–H and O–H groups in total. The molecule has 6 atom stereocenters. The number of ether oxygens (including phenoxy) is 1. The maximum atomic E-state index is 14.0. The fourth-order valence-electron chi connectivity index (χ4n) is 8.13. The van der Waals surface area contributed by atoms with Crippen LogP contribution < -0.4 is 15.4 Å². The Labute approximate surface area is 275 Å². The topological polar surface area (TPSA) is 108 Å². The number of aliphatic hydroxyl groups excluding tert-OH is 1. The van der Waals surface area contributed by atoms with Gasteiger partial charge >= 0.3 is 6.18 Å². The molecule has 2 aromatic rings. The molecule has 1 saturated heterocycles. The van der Waals surface area contributed by atoms with Crippen LogP contribution in [0.2, 0.25) is 0 Å². The van der Waals surface area contributed by atoms with Crippen LogP contribution in [-0.4, -0.2) is 60.1 Å². The summed E-state index contributed by atoms with van der Waals surface area (Å²) in [7, 11) is 1.46. The molecule has 7 rings (SSSR count). The highest BCUT2D eigenvalue weighted by molar-refractivity contribution is 5.99. The van der Waals surface area contributed by atoms with Crippen LogP contribution in [-0.2, 0) is 15.8 Å². The van der Waals surface area contributed by atoms with E-state index in [2.05, 4.69) is 16.7 Å². The molecule has 0 spiro atoms. The third-order valence-corrected chi connectivity index (χ3v) is 10.9. The Morgan fingerprint density at radius 1 is 0.958 bits per heavy atom. The summed E-state index contributed by atoms with van der Waals surface area (Å²) in [5.74, 6) is -2.82. The highest BCUT2D eigenvalue weighted by atomic mass is 19.4. The maximum absolute atomic E-state index is 14.0. The van der Waals surface area contributed by atoms with Crippen molar-refractivity contribution in [2.24, 2.45) is 29.6 Å². The van der Waals surface area contributed by atoms with Gasteiger partial charge in [-0.25, -0.2) is 4.39 Å². The number of likely N-dealkylation sites (tertiary alicyclic amines) is 1. The first-order chi connectivity index (χ1) is 22.9. The summed E-state index contributed by atoms with van der Waals surface area (Å²) in [6, 6.07) is 7.08. The van der Waals surface area contributed by atoms with Crippen molar-refractivity contribution in [1.82, 2.24) is 10.2 Å². The van der Waals surface area contributed by atoms with E-state index < -0.39 is 41.3 Å². The summed E-state index contributed by atoms with van der Waals surface area (Å²) in [5.41, 5.74) is 0.594. The van der Waals surface area contributed by atoms with Crippen LogP contribution in [0.3, 0.4) is 0 Å². The summed E-state index contributed by atoms with van der Waals surface area (Å²) < 4.78 is 59.7. The molecule has 1 aliphatic heterocycles. The van der Waals surface area contributed by atoms with Crippen molar-refractivity contribution in [3.8, 4) is 5.75 Å². The van der Waals surface area contributed by atoms with E-state index in [1.807, 2.05) is 6.07 Å². The van der Waals surface area contributed by atoms with Gasteiger partial charge < -0.3 is 25.4 Å². The smallest absolute Gasteiger partial charge is 0.419 e. The first-order valence-electron chi connectivity index (χ1n) is 16.8.